The zero-order valence-electron chi connectivity index (χ0n) is 16.7. The summed E-state index contributed by atoms with van der Waals surface area (Å²) in [6.07, 6.45) is -15.2. The van der Waals surface area contributed by atoms with Gasteiger partial charge in [0.05, 0.1) is 0 Å². The van der Waals surface area contributed by atoms with Gasteiger partial charge in [-0.3, -0.25) is 0 Å². The van der Waals surface area contributed by atoms with E-state index in [2.05, 4.69) is 15.0 Å². The number of carboxylic acids is 4. The molecule has 0 aliphatic rings. The molecule has 0 radical (unpaired) electrons. The fourth-order valence-corrected chi connectivity index (χ4v) is 0.793. The Labute approximate surface area is 193 Å². The highest BCUT2D eigenvalue weighted by molar-refractivity contribution is 5.74. The minimum Gasteiger partial charge on any atom is -0.475 e. The highest BCUT2D eigenvalue weighted by Gasteiger charge is 2.39. The van der Waals surface area contributed by atoms with Crippen molar-refractivity contribution in [2.24, 2.45) is 0 Å². The molecule has 0 fully saturated rings. The first kappa shape index (κ1) is 37.2. The number of alkyl halides is 12. The largest absolute Gasteiger partial charge is 0.490 e. The van der Waals surface area contributed by atoms with Crippen LogP contribution in [0.25, 0.3) is 11.0 Å². The van der Waals surface area contributed by atoms with Gasteiger partial charge in [-0.1, -0.05) is 0 Å². The van der Waals surface area contributed by atoms with Crippen molar-refractivity contribution in [3.63, 3.8) is 0 Å². The van der Waals surface area contributed by atoms with E-state index in [4.69, 9.17) is 39.6 Å². The Morgan fingerprint density at radius 2 is 0.892 bits per heavy atom. The molecular formula is C14H9F12N3O8. The number of hydrogen-bond donors (Lipinski definition) is 5. The van der Waals surface area contributed by atoms with Crippen molar-refractivity contribution in [3.8, 4) is 0 Å². The second-order valence-electron chi connectivity index (χ2n) is 5.02. The summed E-state index contributed by atoms with van der Waals surface area (Å²) in [5.41, 5.74) is 0.894. The van der Waals surface area contributed by atoms with Crippen LogP contribution in [0, 0.1) is 0 Å². The quantitative estimate of drug-likeness (QED) is 0.291. The van der Waals surface area contributed by atoms with Gasteiger partial charge in [0.1, 0.15) is 12.0 Å². The number of rotatable bonds is 0. The van der Waals surface area contributed by atoms with Gasteiger partial charge < -0.3 is 25.4 Å². The zero-order chi connectivity index (χ0) is 30.4. The molecule has 212 valence electrons. The van der Waals surface area contributed by atoms with E-state index in [0.29, 0.717) is 0 Å². The lowest BCUT2D eigenvalue weighted by Crippen LogP contribution is -2.21. The fourth-order valence-electron chi connectivity index (χ4n) is 0.793. The predicted octanol–water partition coefficient (Wildman–Crippen LogP) is 3.49. The topological polar surface area (TPSA) is 191 Å². The van der Waals surface area contributed by atoms with Crippen molar-refractivity contribution in [2.45, 2.75) is 24.7 Å². The van der Waals surface area contributed by atoms with Gasteiger partial charge in [0.2, 0.25) is 0 Å². The van der Waals surface area contributed by atoms with Crippen LogP contribution in [0.2, 0.25) is 0 Å². The van der Waals surface area contributed by atoms with E-state index in [1.54, 1.807) is 6.20 Å². The second-order valence-corrected chi connectivity index (χ2v) is 5.02. The number of nitrogens with one attached hydrogen (secondary N) is 1. The summed E-state index contributed by atoms with van der Waals surface area (Å²) in [6.45, 7) is 0. The molecule has 0 unspecified atom stereocenters. The number of aromatic nitrogens is 3. The monoisotopic (exact) mass is 575 g/mol. The minimum absolute atomic E-state index is 0.894. The van der Waals surface area contributed by atoms with Crippen LogP contribution < -0.4 is 0 Å². The smallest absolute Gasteiger partial charge is 0.475 e. The standard InChI is InChI=1S/C6H5N3.4C2HF3O2/c1-2-8-6-5(1)3-7-4-9-6;4*3-2(4,5)1(6)7/h1-4H,(H,7,8,9);4*(H,6,7). The molecule has 2 aromatic heterocycles. The van der Waals surface area contributed by atoms with E-state index in [1.807, 2.05) is 12.3 Å². The second kappa shape index (κ2) is 14.9. The first-order chi connectivity index (χ1) is 16.2. The number of nitrogens with zero attached hydrogens (tertiary/aromatic N) is 2. The molecule has 0 bridgehead atoms. The maximum Gasteiger partial charge on any atom is 0.490 e. The molecule has 0 amide bonds. The number of carboxylic acid groups (broad SMARTS) is 4. The van der Waals surface area contributed by atoms with Gasteiger partial charge in [-0.25, -0.2) is 29.1 Å². The van der Waals surface area contributed by atoms with E-state index in [9.17, 15) is 52.7 Å². The van der Waals surface area contributed by atoms with Crippen LogP contribution >= 0.6 is 0 Å². The molecule has 5 N–H and O–H groups in total. The van der Waals surface area contributed by atoms with Crippen LogP contribution in [0.5, 0.6) is 0 Å². The minimum atomic E-state index is -5.08. The molecule has 0 spiro atoms. The molecule has 0 saturated carbocycles. The number of fused-ring (bicyclic) bond motifs is 1. The van der Waals surface area contributed by atoms with Crippen LogP contribution in [-0.2, 0) is 19.2 Å². The van der Waals surface area contributed by atoms with E-state index in [-0.39, 0.29) is 0 Å². The molecule has 0 atom stereocenters. The molecular weight excluding hydrogens is 566 g/mol. The van der Waals surface area contributed by atoms with Crippen molar-refractivity contribution in [1.82, 2.24) is 15.0 Å². The molecule has 2 aromatic rings. The lowest BCUT2D eigenvalue weighted by Gasteiger charge is -1.93. The number of carbonyl (C=O) groups is 4. The lowest BCUT2D eigenvalue weighted by molar-refractivity contribution is -0.193. The third-order valence-corrected chi connectivity index (χ3v) is 2.19. The number of hydrogen-bond acceptors (Lipinski definition) is 6. The van der Waals surface area contributed by atoms with Gasteiger partial charge in [0.15, 0.2) is 0 Å². The third-order valence-electron chi connectivity index (χ3n) is 2.19. The van der Waals surface area contributed by atoms with Crippen LogP contribution in [0.15, 0.2) is 24.8 Å². The Kier molecular flexibility index (Phi) is 15.0. The van der Waals surface area contributed by atoms with Crippen molar-refractivity contribution in [2.75, 3.05) is 0 Å². The number of H-pyrrole nitrogens is 1. The van der Waals surface area contributed by atoms with E-state index in [1.165, 1.54) is 6.33 Å². The summed E-state index contributed by atoms with van der Waals surface area (Å²) < 4.78 is 127. The third kappa shape index (κ3) is 20.7. The van der Waals surface area contributed by atoms with Crippen LogP contribution in [0.1, 0.15) is 0 Å². The number of aromatic amines is 1. The van der Waals surface area contributed by atoms with Crippen molar-refractivity contribution < 1.29 is 92.3 Å². The maximum absolute atomic E-state index is 10.6. The zero-order valence-corrected chi connectivity index (χ0v) is 16.7. The first-order valence-electron chi connectivity index (χ1n) is 7.68. The van der Waals surface area contributed by atoms with E-state index >= 15 is 0 Å². The molecule has 0 aliphatic carbocycles. The Balaban J connectivity index is -0.000000393. The molecule has 23 heteroatoms. The Morgan fingerprint density at radius 1 is 0.622 bits per heavy atom. The predicted molar refractivity (Wildman–Crippen MR) is 88.7 cm³/mol. The number of halogens is 12. The molecule has 0 saturated heterocycles. The normalized spacial score (nSPS) is 11.0. The van der Waals surface area contributed by atoms with E-state index in [0.717, 1.165) is 11.0 Å². The van der Waals surface area contributed by atoms with Crippen molar-refractivity contribution in [1.29, 1.82) is 0 Å². The summed E-state index contributed by atoms with van der Waals surface area (Å²) in [7, 11) is 0. The molecule has 2 heterocycles. The van der Waals surface area contributed by atoms with E-state index < -0.39 is 48.6 Å². The Morgan fingerprint density at radius 3 is 1.11 bits per heavy atom. The molecule has 2 rings (SSSR count). The Hall–Kier alpha value is -4.34. The summed E-state index contributed by atoms with van der Waals surface area (Å²) in [5, 5.41) is 29.6. The van der Waals surface area contributed by atoms with Crippen LogP contribution in [-0.4, -0.2) is 84.0 Å². The maximum atomic E-state index is 10.6. The first-order valence-corrected chi connectivity index (χ1v) is 7.68. The van der Waals surface area contributed by atoms with Crippen molar-refractivity contribution in [3.05, 3.63) is 24.8 Å². The van der Waals surface area contributed by atoms with Gasteiger partial charge >= 0.3 is 48.6 Å². The van der Waals surface area contributed by atoms with Crippen LogP contribution in [0.3, 0.4) is 0 Å². The number of aliphatic carboxylic acids is 4. The molecule has 37 heavy (non-hydrogen) atoms. The lowest BCUT2D eigenvalue weighted by atomic mass is 10.4. The fraction of sp³-hybridized carbons (Fsp3) is 0.286. The van der Waals surface area contributed by atoms with Crippen molar-refractivity contribution >= 4 is 34.9 Å². The summed E-state index contributed by atoms with van der Waals surface area (Å²) in [5.74, 6) is -11.0. The SMILES string of the molecule is O=C(O)C(F)(F)F.O=C(O)C(F)(F)F.O=C(O)C(F)(F)F.O=C(O)C(F)(F)F.c1ncc2cc[nH]c2n1. The summed E-state index contributed by atoms with van der Waals surface area (Å²) >= 11 is 0. The average molecular weight is 575 g/mol. The molecule has 0 aromatic carbocycles. The Bertz CT molecular complexity index is 886. The highest BCUT2D eigenvalue weighted by atomic mass is 19.4. The van der Waals surface area contributed by atoms with Gasteiger partial charge in [-0.15, -0.1) is 0 Å². The summed E-state index contributed by atoms with van der Waals surface area (Å²) in [6, 6.07) is 1.94. The summed E-state index contributed by atoms with van der Waals surface area (Å²) in [4.78, 5) is 46.4. The van der Waals surface area contributed by atoms with Gasteiger partial charge in [-0.05, 0) is 6.07 Å². The van der Waals surface area contributed by atoms with Gasteiger partial charge in [-0.2, -0.15) is 52.7 Å². The average Bonchev–Trinajstić information content (AvgIpc) is 3.15. The molecule has 11 nitrogen and oxygen atoms in total. The highest BCUT2D eigenvalue weighted by Crippen LogP contribution is 2.14. The van der Waals surface area contributed by atoms with Crippen LogP contribution in [0.4, 0.5) is 52.7 Å². The molecule has 0 aliphatic heterocycles. The van der Waals surface area contributed by atoms with Gasteiger partial charge in [0, 0.05) is 17.8 Å². The van der Waals surface area contributed by atoms with Gasteiger partial charge in [0.25, 0.3) is 0 Å².